The summed E-state index contributed by atoms with van der Waals surface area (Å²) in [5.74, 6) is -0.683. The molecule has 1 atom stereocenters. The molecule has 0 bridgehead atoms. The van der Waals surface area contributed by atoms with Crippen LogP contribution < -0.4 is 10.1 Å². The Hall–Kier alpha value is -3.03. The quantitative estimate of drug-likeness (QED) is 0.621. The number of hydrogen-bond donors (Lipinski definition) is 1. The van der Waals surface area contributed by atoms with E-state index < -0.39 is 17.9 Å². The number of hydrogen-bond acceptors (Lipinski definition) is 6. The fourth-order valence-electron chi connectivity index (χ4n) is 2.16. The number of amides is 4. The van der Waals surface area contributed by atoms with Gasteiger partial charge in [-0.15, -0.1) is 0 Å². The monoisotopic (exact) mass is 348 g/mol. The summed E-state index contributed by atoms with van der Waals surface area (Å²) in [7, 11) is 0. The zero-order chi connectivity index (χ0) is 18.8. The molecular formula is C17H20N2O6. The van der Waals surface area contributed by atoms with Gasteiger partial charge in [-0.2, -0.15) is 0 Å². The number of nitrogens with one attached hydrogen (secondary N) is 1. The van der Waals surface area contributed by atoms with E-state index in [0.717, 1.165) is 4.90 Å². The van der Waals surface area contributed by atoms with E-state index in [1.807, 2.05) is 5.32 Å². The summed E-state index contributed by atoms with van der Waals surface area (Å²) in [6, 6.07) is 4.19. The molecular weight excluding hydrogens is 328 g/mol. The van der Waals surface area contributed by atoms with Crippen molar-refractivity contribution in [2.75, 3.05) is 6.61 Å². The number of aldehydes is 1. The van der Waals surface area contributed by atoms with E-state index in [1.165, 1.54) is 6.07 Å². The molecule has 0 aliphatic rings. The molecule has 1 N–H and O–H groups in total. The summed E-state index contributed by atoms with van der Waals surface area (Å²) in [5.41, 5.74) is 0.904. The Bertz CT molecular complexity index is 659. The summed E-state index contributed by atoms with van der Waals surface area (Å²) in [6.07, 6.45) is 1.49. The van der Waals surface area contributed by atoms with Crippen LogP contribution >= 0.6 is 0 Å². The van der Waals surface area contributed by atoms with E-state index >= 15 is 0 Å². The second-order valence-corrected chi connectivity index (χ2v) is 5.35. The van der Waals surface area contributed by atoms with Crippen LogP contribution in [-0.4, -0.2) is 48.5 Å². The maximum atomic E-state index is 12.6. The Kier molecular flexibility index (Phi) is 7.98. The predicted octanol–water partition coefficient (Wildman–Crippen LogP) is 0.613. The van der Waals surface area contributed by atoms with Crippen molar-refractivity contribution >= 4 is 30.9 Å². The van der Waals surface area contributed by atoms with Gasteiger partial charge in [0.15, 0.2) is 6.29 Å². The van der Waals surface area contributed by atoms with E-state index in [1.54, 1.807) is 26.0 Å². The third-order valence-corrected chi connectivity index (χ3v) is 3.59. The molecule has 0 spiro atoms. The van der Waals surface area contributed by atoms with Crippen molar-refractivity contribution in [3.63, 3.8) is 0 Å². The Morgan fingerprint density at radius 2 is 2.00 bits per heavy atom. The standard InChI is InChI=1S/C17H20N2O6/c1-12-3-5-14(25-8-7-20)9-15(12)17(24)19(11-22)13(2)4-6-16(23)18-10-21/h3,5,7,9-11,13H,4,6,8H2,1-2H3,(H,18,21,23). The van der Waals surface area contributed by atoms with Gasteiger partial charge in [-0.05, 0) is 38.0 Å². The molecule has 0 aliphatic carbocycles. The van der Waals surface area contributed by atoms with Gasteiger partial charge >= 0.3 is 0 Å². The number of carbonyl (C=O) groups is 5. The lowest BCUT2D eigenvalue weighted by Crippen LogP contribution is -2.38. The van der Waals surface area contributed by atoms with Gasteiger partial charge in [-0.1, -0.05) is 6.07 Å². The van der Waals surface area contributed by atoms with E-state index in [2.05, 4.69) is 0 Å². The van der Waals surface area contributed by atoms with Crippen LogP contribution in [0, 0.1) is 6.92 Å². The molecule has 134 valence electrons. The van der Waals surface area contributed by atoms with Crippen molar-refractivity contribution in [2.45, 2.75) is 32.7 Å². The average Bonchev–Trinajstić information content (AvgIpc) is 2.60. The van der Waals surface area contributed by atoms with E-state index in [9.17, 15) is 24.0 Å². The summed E-state index contributed by atoms with van der Waals surface area (Å²) in [6.45, 7) is 3.20. The first-order valence-electron chi connectivity index (χ1n) is 7.62. The molecule has 0 saturated carbocycles. The van der Waals surface area contributed by atoms with Gasteiger partial charge < -0.3 is 4.74 Å². The molecule has 1 aromatic rings. The smallest absolute Gasteiger partial charge is 0.260 e. The Balaban J connectivity index is 2.90. The summed E-state index contributed by atoms with van der Waals surface area (Å²) in [5, 5.41) is 2.00. The van der Waals surface area contributed by atoms with Crippen molar-refractivity contribution in [1.29, 1.82) is 0 Å². The van der Waals surface area contributed by atoms with Crippen molar-refractivity contribution in [3.05, 3.63) is 29.3 Å². The molecule has 25 heavy (non-hydrogen) atoms. The SMILES string of the molecule is Cc1ccc(OCC=O)cc1C(=O)N(C=O)C(C)CCC(=O)NC=O. The molecule has 8 heteroatoms. The number of carbonyl (C=O) groups excluding carboxylic acids is 5. The van der Waals surface area contributed by atoms with Crippen LogP contribution in [0.3, 0.4) is 0 Å². The highest BCUT2D eigenvalue weighted by Crippen LogP contribution is 2.20. The van der Waals surface area contributed by atoms with Crippen LogP contribution in [0.4, 0.5) is 0 Å². The van der Waals surface area contributed by atoms with Crippen LogP contribution in [0.25, 0.3) is 0 Å². The van der Waals surface area contributed by atoms with Gasteiger partial charge in [0.2, 0.25) is 18.7 Å². The number of nitrogens with zero attached hydrogens (tertiary/aromatic N) is 1. The number of benzene rings is 1. The molecule has 8 nitrogen and oxygen atoms in total. The largest absolute Gasteiger partial charge is 0.486 e. The molecule has 4 amide bonds. The van der Waals surface area contributed by atoms with Gasteiger partial charge in [0, 0.05) is 18.0 Å². The molecule has 1 aromatic carbocycles. The molecule has 0 aliphatic heterocycles. The minimum Gasteiger partial charge on any atom is -0.486 e. The molecule has 0 radical (unpaired) electrons. The highest BCUT2D eigenvalue weighted by atomic mass is 16.5. The molecule has 1 unspecified atom stereocenters. The van der Waals surface area contributed by atoms with Crippen LogP contribution in [0.5, 0.6) is 5.75 Å². The predicted molar refractivity (Wildman–Crippen MR) is 87.9 cm³/mol. The lowest BCUT2D eigenvalue weighted by Gasteiger charge is -2.24. The first kappa shape index (κ1) is 20.0. The third-order valence-electron chi connectivity index (χ3n) is 3.59. The summed E-state index contributed by atoms with van der Waals surface area (Å²) < 4.78 is 5.17. The number of rotatable bonds is 10. The van der Waals surface area contributed by atoms with E-state index in [4.69, 9.17) is 4.74 Å². The molecule has 1 rings (SSSR count). The summed E-state index contributed by atoms with van der Waals surface area (Å²) in [4.78, 5) is 56.9. The van der Waals surface area contributed by atoms with Gasteiger partial charge in [0.1, 0.15) is 12.4 Å². The Labute approximate surface area is 145 Å². The molecule has 0 heterocycles. The topological polar surface area (TPSA) is 110 Å². The lowest BCUT2D eigenvalue weighted by atomic mass is 10.1. The Morgan fingerprint density at radius 3 is 2.60 bits per heavy atom. The zero-order valence-corrected chi connectivity index (χ0v) is 14.1. The third kappa shape index (κ3) is 5.83. The number of aryl methyl sites for hydroxylation is 1. The Morgan fingerprint density at radius 1 is 1.28 bits per heavy atom. The van der Waals surface area contributed by atoms with Crippen LogP contribution in [-0.2, 0) is 19.2 Å². The van der Waals surface area contributed by atoms with Crippen molar-refractivity contribution in [1.82, 2.24) is 10.2 Å². The van der Waals surface area contributed by atoms with Crippen LogP contribution in [0.2, 0.25) is 0 Å². The van der Waals surface area contributed by atoms with E-state index in [-0.39, 0.29) is 31.4 Å². The second kappa shape index (κ2) is 9.96. The maximum Gasteiger partial charge on any atom is 0.260 e. The first-order valence-corrected chi connectivity index (χ1v) is 7.62. The van der Waals surface area contributed by atoms with Crippen molar-refractivity contribution in [3.8, 4) is 5.75 Å². The van der Waals surface area contributed by atoms with Crippen molar-refractivity contribution in [2.24, 2.45) is 0 Å². The highest BCUT2D eigenvalue weighted by Gasteiger charge is 2.23. The lowest BCUT2D eigenvalue weighted by molar-refractivity contribution is -0.126. The second-order valence-electron chi connectivity index (χ2n) is 5.35. The van der Waals surface area contributed by atoms with Crippen LogP contribution in [0.1, 0.15) is 35.7 Å². The zero-order valence-electron chi connectivity index (χ0n) is 14.1. The highest BCUT2D eigenvalue weighted by molar-refractivity contribution is 6.01. The normalized spacial score (nSPS) is 11.1. The van der Waals surface area contributed by atoms with Gasteiger partial charge in [-0.3, -0.25) is 34.2 Å². The minimum absolute atomic E-state index is 0.000998. The molecule has 0 aromatic heterocycles. The average molecular weight is 348 g/mol. The first-order chi connectivity index (χ1) is 11.9. The minimum atomic E-state index is -0.540. The molecule has 0 saturated heterocycles. The number of imide groups is 2. The van der Waals surface area contributed by atoms with Crippen LogP contribution in [0.15, 0.2) is 18.2 Å². The van der Waals surface area contributed by atoms with E-state index in [0.29, 0.717) is 24.0 Å². The van der Waals surface area contributed by atoms with Gasteiger partial charge in [-0.25, -0.2) is 0 Å². The summed E-state index contributed by atoms with van der Waals surface area (Å²) >= 11 is 0. The molecule has 0 fully saturated rings. The fourth-order valence-corrected chi connectivity index (χ4v) is 2.16. The number of ether oxygens (including phenoxy) is 1. The van der Waals surface area contributed by atoms with Gasteiger partial charge in [0.25, 0.3) is 5.91 Å². The van der Waals surface area contributed by atoms with Crippen molar-refractivity contribution < 1.29 is 28.7 Å². The fraction of sp³-hybridized carbons (Fsp3) is 0.353. The maximum absolute atomic E-state index is 12.6. The van der Waals surface area contributed by atoms with Gasteiger partial charge in [0.05, 0.1) is 0 Å².